The summed E-state index contributed by atoms with van der Waals surface area (Å²) in [6.07, 6.45) is 1.78. The summed E-state index contributed by atoms with van der Waals surface area (Å²) in [5.41, 5.74) is 4.74. The molecule has 0 saturated carbocycles. The zero-order valence-corrected chi connectivity index (χ0v) is 19.1. The van der Waals surface area contributed by atoms with Crippen molar-refractivity contribution < 1.29 is 13.2 Å². The molecule has 1 aliphatic heterocycles. The van der Waals surface area contributed by atoms with Crippen LogP contribution in [0.5, 0.6) is 0 Å². The summed E-state index contributed by atoms with van der Waals surface area (Å²) in [6, 6.07) is 17.1. The van der Waals surface area contributed by atoms with Crippen LogP contribution in [0, 0.1) is 6.92 Å². The number of aromatic nitrogens is 2. The topological polar surface area (TPSA) is 84.4 Å². The largest absolute Gasteiger partial charge is 0.379 e. The number of morpholine rings is 1. The van der Waals surface area contributed by atoms with E-state index in [2.05, 4.69) is 20.7 Å². The highest BCUT2D eigenvalue weighted by Crippen LogP contribution is 2.31. The Morgan fingerprint density at radius 3 is 2.47 bits per heavy atom. The van der Waals surface area contributed by atoms with Gasteiger partial charge in [-0.3, -0.25) is 4.98 Å². The van der Waals surface area contributed by atoms with Crippen LogP contribution in [0.3, 0.4) is 0 Å². The van der Waals surface area contributed by atoms with E-state index in [1.807, 2.05) is 43.3 Å². The lowest BCUT2D eigenvalue weighted by Crippen LogP contribution is -2.40. The van der Waals surface area contributed by atoms with Crippen LogP contribution in [0.15, 0.2) is 65.7 Å². The molecule has 0 unspecified atom stereocenters. The number of aryl methyl sites for hydroxylation is 1. The van der Waals surface area contributed by atoms with Crippen LogP contribution in [0.1, 0.15) is 5.69 Å². The van der Waals surface area contributed by atoms with Crippen LogP contribution in [-0.4, -0.2) is 48.4 Å². The first-order chi connectivity index (χ1) is 15.5. The average molecular weight is 467 g/mol. The highest BCUT2D eigenvalue weighted by molar-refractivity contribution is 7.89. The van der Waals surface area contributed by atoms with Crippen molar-refractivity contribution >= 4 is 43.1 Å². The van der Waals surface area contributed by atoms with Gasteiger partial charge < -0.3 is 10.1 Å². The number of anilines is 2. The van der Waals surface area contributed by atoms with Gasteiger partial charge in [-0.15, -0.1) is 0 Å². The first-order valence-corrected chi connectivity index (χ1v) is 12.5. The zero-order chi connectivity index (χ0) is 22.1. The number of rotatable bonds is 5. The van der Waals surface area contributed by atoms with Gasteiger partial charge in [0.2, 0.25) is 10.0 Å². The quantitative estimate of drug-likeness (QED) is 0.468. The average Bonchev–Trinajstić information content (AvgIpc) is 3.24. The van der Waals surface area contributed by atoms with Crippen LogP contribution in [0.2, 0.25) is 0 Å². The molecule has 1 N–H and O–H groups in total. The molecule has 1 fully saturated rings. The number of sulfonamides is 1. The molecule has 164 valence electrons. The number of hydrogen-bond acceptors (Lipinski definition) is 7. The predicted octanol–water partition coefficient (Wildman–Crippen LogP) is 4.43. The molecule has 0 amide bonds. The molecule has 2 aromatic heterocycles. The van der Waals surface area contributed by atoms with E-state index >= 15 is 0 Å². The van der Waals surface area contributed by atoms with Crippen LogP contribution in [0.25, 0.3) is 22.0 Å². The summed E-state index contributed by atoms with van der Waals surface area (Å²) in [7, 11) is -3.51. The van der Waals surface area contributed by atoms with Gasteiger partial charge in [0.05, 0.1) is 35.0 Å². The maximum atomic E-state index is 12.9. The number of benzene rings is 2. The second kappa shape index (κ2) is 8.59. The van der Waals surface area contributed by atoms with Gasteiger partial charge in [-0.2, -0.15) is 8.68 Å². The minimum atomic E-state index is -3.51. The maximum absolute atomic E-state index is 12.9. The standard InChI is InChI=1S/C23H22N4O3S2/c1-16-14-23(31-26-16)25-22-8-9-24-21-7-4-18(15-20(21)22)17-2-5-19(6-3-17)32(28,29)27-10-12-30-13-11-27/h2-9,14-15H,10-13H2,1H3,(H,24,25). The second-order valence-electron chi connectivity index (χ2n) is 7.59. The fraction of sp³-hybridized carbons (Fsp3) is 0.217. The molecular formula is C23H22N4O3S2. The van der Waals surface area contributed by atoms with Gasteiger partial charge in [0.25, 0.3) is 0 Å². The minimum absolute atomic E-state index is 0.300. The normalized spacial score (nSPS) is 15.2. The van der Waals surface area contributed by atoms with Crippen molar-refractivity contribution in [1.29, 1.82) is 0 Å². The van der Waals surface area contributed by atoms with Crippen LogP contribution < -0.4 is 5.32 Å². The number of hydrogen-bond donors (Lipinski definition) is 1. The summed E-state index contributed by atoms with van der Waals surface area (Å²) in [4.78, 5) is 4.77. The molecule has 7 nitrogen and oxygen atoms in total. The van der Waals surface area contributed by atoms with E-state index in [1.54, 1.807) is 18.3 Å². The van der Waals surface area contributed by atoms with Gasteiger partial charge >= 0.3 is 0 Å². The van der Waals surface area contributed by atoms with Gasteiger partial charge in [-0.05, 0) is 66.0 Å². The molecule has 0 bridgehead atoms. The Kier molecular flexibility index (Phi) is 5.64. The van der Waals surface area contributed by atoms with Gasteiger partial charge in [-0.1, -0.05) is 18.2 Å². The number of fused-ring (bicyclic) bond motifs is 1. The minimum Gasteiger partial charge on any atom is -0.379 e. The first-order valence-electron chi connectivity index (χ1n) is 10.3. The predicted molar refractivity (Wildman–Crippen MR) is 127 cm³/mol. The molecule has 0 spiro atoms. The van der Waals surface area contributed by atoms with Crippen LogP contribution in [0.4, 0.5) is 10.7 Å². The molecular weight excluding hydrogens is 444 g/mol. The van der Waals surface area contributed by atoms with E-state index in [1.165, 1.54) is 15.8 Å². The third kappa shape index (κ3) is 4.12. The van der Waals surface area contributed by atoms with E-state index in [-0.39, 0.29) is 0 Å². The Hall–Kier alpha value is -2.85. The van der Waals surface area contributed by atoms with Crippen molar-refractivity contribution in [3.05, 3.63) is 66.5 Å². The molecule has 4 aromatic rings. The molecule has 5 rings (SSSR count). The Balaban J connectivity index is 1.46. The number of pyridine rings is 1. The Morgan fingerprint density at radius 1 is 1.00 bits per heavy atom. The fourth-order valence-corrected chi connectivity index (χ4v) is 5.83. The number of nitrogens with zero attached hydrogens (tertiary/aromatic N) is 3. The molecule has 2 aromatic carbocycles. The van der Waals surface area contributed by atoms with E-state index < -0.39 is 10.0 Å². The van der Waals surface area contributed by atoms with Crippen molar-refractivity contribution in [2.24, 2.45) is 0 Å². The van der Waals surface area contributed by atoms with Crippen LogP contribution in [-0.2, 0) is 14.8 Å². The number of ether oxygens (including phenoxy) is 1. The lowest BCUT2D eigenvalue weighted by Gasteiger charge is -2.26. The van der Waals surface area contributed by atoms with E-state index in [0.29, 0.717) is 31.2 Å². The zero-order valence-electron chi connectivity index (χ0n) is 17.5. The Bertz CT molecular complexity index is 1360. The van der Waals surface area contributed by atoms with Crippen molar-refractivity contribution in [2.75, 3.05) is 31.6 Å². The van der Waals surface area contributed by atoms with Crippen molar-refractivity contribution in [1.82, 2.24) is 13.7 Å². The van der Waals surface area contributed by atoms with E-state index in [4.69, 9.17) is 4.74 Å². The van der Waals surface area contributed by atoms with Gasteiger partial charge in [-0.25, -0.2) is 8.42 Å². The smallest absolute Gasteiger partial charge is 0.243 e. The molecule has 1 aliphatic rings. The Morgan fingerprint density at radius 2 is 1.75 bits per heavy atom. The fourth-order valence-electron chi connectivity index (χ4n) is 3.75. The van der Waals surface area contributed by atoms with Gasteiger partial charge in [0, 0.05) is 24.7 Å². The number of nitrogens with one attached hydrogen (secondary N) is 1. The van der Waals surface area contributed by atoms with Crippen molar-refractivity contribution in [3.8, 4) is 11.1 Å². The molecule has 1 saturated heterocycles. The monoisotopic (exact) mass is 466 g/mol. The highest BCUT2D eigenvalue weighted by Gasteiger charge is 2.26. The van der Waals surface area contributed by atoms with Gasteiger partial charge in [0.1, 0.15) is 5.00 Å². The molecule has 0 radical (unpaired) electrons. The third-order valence-corrected chi connectivity index (χ3v) is 8.13. The second-order valence-corrected chi connectivity index (χ2v) is 10.3. The lowest BCUT2D eigenvalue weighted by atomic mass is 10.0. The Labute approximate surface area is 190 Å². The summed E-state index contributed by atoms with van der Waals surface area (Å²) >= 11 is 1.42. The third-order valence-electron chi connectivity index (χ3n) is 5.42. The highest BCUT2D eigenvalue weighted by atomic mass is 32.2. The maximum Gasteiger partial charge on any atom is 0.243 e. The molecule has 32 heavy (non-hydrogen) atoms. The van der Waals surface area contributed by atoms with Crippen molar-refractivity contribution in [3.63, 3.8) is 0 Å². The van der Waals surface area contributed by atoms with E-state index in [9.17, 15) is 8.42 Å². The molecule has 3 heterocycles. The van der Waals surface area contributed by atoms with Gasteiger partial charge in [0.15, 0.2) is 0 Å². The summed E-state index contributed by atoms with van der Waals surface area (Å²) in [5, 5.41) is 5.39. The van der Waals surface area contributed by atoms with E-state index in [0.717, 1.165) is 38.4 Å². The molecule has 0 atom stereocenters. The molecule has 9 heteroatoms. The van der Waals surface area contributed by atoms with Crippen molar-refractivity contribution in [2.45, 2.75) is 11.8 Å². The lowest BCUT2D eigenvalue weighted by molar-refractivity contribution is 0.0730. The first kappa shape index (κ1) is 21.0. The SMILES string of the molecule is Cc1cc(Nc2ccnc3ccc(-c4ccc(S(=O)(=O)N5CCOCC5)cc4)cc23)sn1. The summed E-state index contributed by atoms with van der Waals surface area (Å²) < 4.78 is 36.8. The summed E-state index contributed by atoms with van der Waals surface area (Å²) in [5.74, 6) is 0. The summed E-state index contributed by atoms with van der Waals surface area (Å²) in [6.45, 7) is 3.60. The molecule has 0 aliphatic carbocycles. The van der Waals surface area contributed by atoms with Crippen LogP contribution >= 0.6 is 11.5 Å².